The van der Waals surface area contributed by atoms with Gasteiger partial charge in [-0.1, -0.05) is 30.4 Å². The number of nitro benzene ring substituents is 1. The molecule has 1 aliphatic heterocycles. The van der Waals surface area contributed by atoms with E-state index in [0.29, 0.717) is 16.5 Å². The molecule has 1 saturated heterocycles. The molecule has 4 aliphatic rings. The number of nitrogens with zero attached hydrogens (tertiary/aromatic N) is 2. The first-order valence-corrected chi connectivity index (χ1v) is 8.80. The maximum Gasteiger partial charge on any atom is 0.277 e. The summed E-state index contributed by atoms with van der Waals surface area (Å²) < 4.78 is 0. The van der Waals surface area contributed by atoms with E-state index in [4.69, 9.17) is 0 Å². The summed E-state index contributed by atoms with van der Waals surface area (Å²) in [6.45, 7) is 0. The maximum atomic E-state index is 13.1. The molecule has 2 amide bonds. The Hall–Kier alpha value is -3.02. The Labute approximate surface area is 149 Å². The van der Waals surface area contributed by atoms with Crippen LogP contribution in [0.25, 0.3) is 10.8 Å². The van der Waals surface area contributed by atoms with Gasteiger partial charge in [0.1, 0.15) is 0 Å². The number of carbonyl (C=O) groups excluding carboxylic acids is 2. The van der Waals surface area contributed by atoms with Crippen LogP contribution >= 0.6 is 0 Å². The van der Waals surface area contributed by atoms with Crippen molar-refractivity contribution >= 4 is 34.0 Å². The number of imide groups is 1. The number of non-ortho nitro benzene ring substituents is 1. The molecule has 6 nitrogen and oxygen atoms in total. The third kappa shape index (κ3) is 1.87. The van der Waals surface area contributed by atoms with E-state index in [-0.39, 0.29) is 41.2 Å². The van der Waals surface area contributed by atoms with Gasteiger partial charge in [-0.2, -0.15) is 0 Å². The van der Waals surface area contributed by atoms with Gasteiger partial charge in [0.25, 0.3) is 5.69 Å². The fourth-order valence-corrected chi connectivity index (χ4v) is 4.93. The molecule has 6 heteroatoms. The molecular formula is C20H16N2O4. The Balaban J connectivity index is 1.68. The van der Waals surface area contributed by atoms with Crippen molar-refractivity contribution in [3.05, 3.63) is 58.7 Å². The van der Waals surface area contributed by atoms with Crippen LogP contribution in [0.2, 0.25) is 0 Å². The monoisotopic (exact) mass is 348 g/mol. The van der Waals surface area contributed by atoms with Crippen LogP contribution in [0.4, 0.5) is 11.4 Å². The van der Waals surface area contributed by atoms with E-state index in [0.717, 1.165) is 12.8 Å². The Morgan fingerprint density at radius 1 is 0.885 bits per heavy atom. The molecule has 4 atom stereocenters. The van der Waals surface area contributed by atoms with Crippen LogP contribution in [-0.4, -0.2) is 16.7 Å². The highest BCUT2D eigenvalue weighted by Gasteiger charge is 2.57. The highest BCUT2D eigenvalue weighted by Crippen LogP contribution is 2.51. The van der Waals surface area contributed by atoms with Gasteiger partial charge < -0.3 is 0 Å². The number of hydrogen-bond donors (Lipinski definition) is 0. The number of nitro groups is 1. The average molecular weight is 348 g/mol. The van der Waals surface area contributed by atoms with Gasteiger partial charge in [0.2, 0.25) is 11.8 Å². The van der Waals surface area contributed by atoms with Gasteiger partial charge in [-0.05, 0) is 36.8 Å². The highest BCUT2D eigenvalue weighted by molar-refractivity contribution is 6.25. The Morgan fingerprint density at radius 2 is 1.46 bits per heavy atom. The highest BCUT2D eigenvalue weighted by atomic mass is 16.6. The molecule has 130 valence electrons. The predicted molar refractivity (Wildman–Crippen MR) is 95.4 cm³/mol. The van der Waals surface area contributed by atoms with Crippen LogP contribution in [0.5, 0.6) is 0 Å². The van der Waals surface area contributed by atoms with Crippen molar-refractivity contribution in [3.8, 4) is 0 Å². The molecular weight excluding hydrogens is 332 g/mol. The lowest BCUT2D eigenvalue weighted by atomic mass is 9.63. The summed E-state index contributed by atoms with van der Waals surface area (Å²) in [7, 11) is 0. The summed E-state index contributed by atoms with van der Waals surface area (Å²) in [4.78, 5) is 38.4. The zero-order valence-corrected chi connectivity index (χ0v) is 13.9. The molecule has 26 heavy (non-hydrogen) atoms. The standard InChI is InChI=1S/C20H16N2O4/c23-19-17-11-5-6-12(8-7-11)18(17)20(24)21(19)15-9-10-16(22(25)26)14-4-2-1-3-13(14)15/h1-6,9-12,17-18H,7-8H2/t11-,12+,17-,18+. The van der Waals surface area contributed by atoms with Crippen LogP contribution < -0.4 is 4.90 Å². The quantitative estimate of drug-likeness (QED) is 0.360. The fourth-order valence-electron chi connectivity index (χ4n) is 4.93. The first-order chi connectivity index (χ1) is 12.6. The van der Waals surface area contributed by atoms with Crippen LogP contribution in [0.1, 0.15) is 12.8 Å². The van der Waals surface area contributed by atoms with Crippen LogP contribution in [0.15, 0.2) is 48.6 Å². The van der Waals surface area contributed by atoms with Crippen molar-refractivity contribution in [1.82, 2.24) is 0 Å². The van der Waals surface area contributed by atoms with Gasteiger partial charge in [-0.3, -0.25) is 19.7 Å². The van der Waals surface area contributed by atoms with E-state index >= 15 is 0 Å². The second-order valence-corrected chi connectivity index (χ2v) is 7.26. The number of hydrogen-bond acceptors (Lipinski definition) is 4. The van der Waals surface area contributed by atoms with Crippen molar-refractivity contribution in [3.63, 3.8) is 0 Å². The minimum atomic E-state index is -0.441. The zero-order chi connectivity index (χ0) is 18.0. The van der Waals surface area contributed by atoms with Crippen molar-refractivity contribution in [2.45, 2.75) is 12.8 Å². The molecule has 0 N–H and O–H groups in total. The Kier molecular flexibility index (Phi) is 3.07. The number of benzene rings is 2. The summed E-state index contributed by atoms with van der Waals surface area (Å²) in [5, 5.41) is 12.3. The van der Waals surface area contributed by atoms with Crippen molar-refractivity contribution in [2.75, 3.05) is 4.90 Å². The minimum absolute atomic E-state index is 0.0254. The topological polar surface area (TPSA) is 80.5 Å². The fraction of sp³-hybridized carbons (Fsp3) is 0.300. The van der Waals surface area contributed by atoms with Gasteiger partial charge >= 0.3 is 0 Å². The molecule has 0 spiro atoms. The Morgan fingerprint density at radius 3 is 2.00 bits per heavy atom. The van der Waals surface area contributed by atoms with Gasteiger partial charge in [-0.15, -0.1) is 0 Å². The first-order valence-electron chi connectivity index (χ1n) is 8.80. The van der Waals surface area contributed by atoms with Gasteiger partial charge in [0, 0.05) is 11.5 Å². The van der Waals surface area contributed by atoms with Crippen LogP contribution in [0, 0.1) is 33.8 Å². The molecule has 2 aromatic carbocycles. The molecule has 2 aromatic rings. The molecule has 0 radical (unpaired) electrons. The van der Waals surface area contributed by atoms with E-state index in [1.54, 1.807) is 24.3 Å². The van der Waals surface area contributed by atoms with E-state index < -0.39 is 4.92 Å². The number of allylic oxidation sites excluding steroid dienone is 2. The second kappa shape index (κ2) is 5.24. The summed E-state index contributed by atoms with van der Waals surface area (Å²) >= 11 is 0. The number of rotatable bonds is 2. The lowest BCUT2D eigenvalue weighted by molar-refractivity contribution is -0.383. The van der Waals surface area contributed by atoms with E-state index in [2.05, 4.69) is 12.2 Å². The third-order valence-corrected chi connectivity index (χ3v) is 6.07. The number of fused-ring (bicyclic) bond motifs is 2. The lowest BCUT2D eigenvalue weighted by Crippen LogP contribution is -2.38. The lowest BCUT2D eigenvalue weighted by Gasteiger charge is -2.38. The van der Waals surface area contributed by atoms with Crippen LogP contribution in [-0.2, 0) is 9.59 Å². The van der Waals surface area contributed by atoms with E-state index in [9.17, 15) is 19.7 Å². The second-order valence-electron chi connectivity index (χ2n) is 7.26. The number of carbonyl (C=O) groups is 2. The minimum Gasteiger partial charge on any atom is -0.274 e. The number of amides is 2. The number of anilines is 1. The molecule has 1 saturated carbocycles. The maximum absolute atomic E-state index is 13.1. The van der Waals surface area contributed by atoms with Gasteiger partial charge in [0.15, 0.2) is 0 Å². The first kappa shape index (κ1) is 15.3. The normalized spacial score (nSPS) is 29.5. The largest absolute Gasteiger partial charge is 0.277 e. The smallest absolute Gasteiger partial charge is 0.274 e. The molecule has 0 aromatic heterocycles. The summed E-state index contributed by atoms with van der Waals surface area (Å²) in [6, 6.07) is 9.78. The molecule has 3 aliphatic carbocycles. The van der Waals surface area contributed by atoms with Crippen molar-refractivity contribution in [2.24, 2.45) is 23.7 Å². The average Bonchev–Trinajstić information content (AvgIpc) is 2.95. The SMILES string of the molecule is O=C1[C@@H]2[C@H](C(=O)N1c1ccc([N+](=O)[O-])c3ccccc13)[C@@H]1C=C[C@H]2CC1. The molecule has 6 rings (SSSR count). The summed E-state index contributed by atoms with van der Waals surface area (Å²) in [5.41, 5.74) is 0.428. The van der Waals surface area contributed by atoms with E-state index in [1.165, 1.54) is 17.0 Å². The predicted octanol–water partition coefficient (Wildman–Crippen LogP) is 3.45. The summed E-state index contributed by atoms with van der Waals surface area (Å²) in [5.74, 6) is -0.678. The zero-order valence-electron chi connectivity index (χ0n) is 13.9. The van der Waals surface area contributed by atoms with Gasteiger partial charge in [0.05, 0.1) is 27.8 Å². The molecule has 2 fully saturated rings. The summed E-state index contributed by atoms with van der Waals surface area (Å²) in [6.07, 6.45) is 6.04. The van der Waals surface area contributed by atoms with Crippen LogP contribution in [0.3, 0.4) is 0 Å². The molecule has 2 bridgehead atoms. The van der Waals surface area contributed by atoms with Gasteiger partial charge in [-0.25, -0.2) is 4.90 Å². The van der Waals surface area contributed by atoms with Crippen molar-refractivity contribution < 1.29 is 14.5 Å². The van der Waals surface area contributed by atoms with Crippen molar-refractivity contribution in [1.29, 1.82) is 0 Å². The molecule has 0 unspecified atom stereocenters. The molecule has 1 heterocycles. The third-order valence-electron chi connectivity index (χ3n) is 6.07. The Bertz CT molecular complexity index is 980. The van der Waals surface area contributed by atoms with E-state index in [1.807, 2.05) is 0 Å².